The van der Waals surface area contributed by atoms with Crippen molar-refractivity contribution in [2.45, 2.75) is 25.9 Å². The highest BCUT2D eigenvalue weighted by molar-refractivity contribution is 14.0. The molecule has 1 unspecified atom stereocenters. The summed E-state index contributed by atoms with van der Waals surface area (Å²) in [5.41, 5.74) is 1.11. The predicted octanol–water partition coefficient (Wildman–Crippen LogP) is 2.31. The summed E-state index contributed by atoms with van der Waals surface area (Å²) in [6.07, 6.45) is 0.644. The molecular formula is C14H21BrIN3O2S. The minimum atomic E-state index is -2.88. The van der Waals surface area contributed by atoms with Crippen molar-refractivity contribution in [3.05, 3.63) is 34.3 Å². The fourth-order valence-corrected chi connectivity index (χ4v) is 4.12. The third kappa shape index (κ3) is 6.41. The van der Waals surface area contributed by atoms with Gasteiger partial charge in [0, 0.05) is 17.1 Å². The number of nitrogens with one attached hydrogen (secondary N) is 2. The summed E-state index contributed by atoms with van der Waals surface area (Å²) in [5.74, 6) is 1.12. The Morgan fingerprint density at radius 2 is 2.05 bits per heavy atom. The van der Waals surface area contributed by atoms with Crippen molar-refractivity contribution in [1.29, 1.82) is 0 Å². The van der Waals surface area contributed by atoms with Crippen LogP contribution < -0.4 is 10.6 Å². The summed E-state index contributed by atoms with van der Waals surface area (Å²) in [6.45, 7) is 3.29. The smallest absolute Gasteiger partial charge is 0.191 e. The van der Waals surface area contributed by atoms with Crippen LogP contribution in [-0.2, 0) is 16.4 Å². The first-order valence-electron chi connectivity index (χ1n) is 6.98. The molecule has 1 aliphatic rings. The third-order valence-corrected chi connectivity index (χ3v) is 5.55. The molecule has 124 valence electrons. The van der Waals surface area contributed by atoms with Crippen LogP contribution in [0.3, 0.4) is 0 Å². The van der Waals surface area contributed by atoms with Crippen LogP contribution in [0.5, 0.6) is 0 Å². The van der Waals surface area contributed by atoms with Gasteiger partial charge in [0.15, 0.2) is 15.8 Å². The molecule has 5 nitrogen and oxygen atoms in total. The van der Waals surface area contributed by atoms with Gasteiger partial charge in [-0.05, 0) is 31.0 Å². The van der Waals surface area contributed by atoms with E-state index in [1.165, 1.54) is 0 Å². The normalized spacial score (nSPS) is 20.3. The first-order valence-corrected chi connectivity index (χ1v) is 9.59. The Kier molecular flexibility index (Phi) is 8.12. The van der Waals surface area contributed by atoms with Gasteiger partial charge in [0.1, 0.15) is 0 Å². The summed E-state index contributed by atoms with van der Waals surface area (Å²) in [7, 11) is -2.88. The summed E-state index contributed by atoms with van der Waals surface area (Å²) >= 11 is 3.40. The number of sulfone groups is 1. The molecule has 1 fully saturated rings. The summed E-state index contributed by atoms with van der Waals surface area (Å²) in [4.78, 5) is 4.51. The maximum atomic E-state index is 11.5. The van der Waals surface area contributed by atoms with Crippen LogP contribution in [-0.4, -0.2) is 38.5 Å². The minimum absolute atomic E-state index is 0. The number of benzene rings is 1. The number of aliphatic imine (C=N–C) groups is 1. The Morgan fingerprint density at radius 1 is 1.36 bits per heavy atom. The van der Waals surface area contributed by atoms with Gasteiger partial charge in [-0.15, -0.1) is 24.0 Å². The van der Waals surface area contributed by atoms with E-state index >= 15 is 0 Å². The topological polar surface area (TPSA) is 70.6 Å². The molecule has 0 saturated carbocycles. The quantitative estimate of drug-likeness (QED) is 0.377. The van der Waals surface area contributed by atoms with Crippen molar-refractivity contribution in [2.75, 3.05) is 18.1 Å². The van der Waals surface area contributed by atoms with E-state index in [0.717, 1.165) is 16.6 Å². The van der Waals surface area contributed by atoms with E-state index in [1.54, 1.807) is 0 Å². The van der Waals surface area contributed by atoms with E-state index in [4.69, 9.17) is 0 Å². The lowest BCUT2D eigenvalue weighted by Crippen LogP contribution is -2.44. The molecule has 1 aliphatic heterocycles. The molecule has 0 aromatic heterocycles. The van der Waals surface area contributed by atoms with Gasteiger partial charge in [-0.25, -0.2) is 13.4 Å². The van der Waals surface area contributed by atoms with Crippen molar-refractivity contribution < 1.29 is 8.42 Å². The van der Waals surface area contributed by atoms with Crippen LogP contribution >= 0.6 is 39.9 Å². The second-order valence-corrected chi connectivity index (χ2v) is 8.21. The first-order chi connectivity index (χ1) is 9.98. The van der Waals surface area contributed by atoms with E-state index in [-0.39, 0.29) is 41.5 Å². The average Bonchev–Trinajstić information content (AvgIpc) is 2.77. The van der Waals surface area contributed by atoms with Gasteiger partial charge < -0.3 is 10.6 Å². The molecule has 0 aliphatic carbocycles. The largest absolute Gasteiger partial charge is 0.357 e. The molecule has 2 rings (SSSR count). The zero-order chi connectivity index (χ0) is 15.3. The monoisotopic (exact) mass is 501 g/mol. The van der Waals surface area contributed by atoms with Gasteiger partial charge in [0.05, 0.1) is 18.1 Å². The maximum Gasteiger partial charge on any atom is 0.191 e. The Labute approximate surface area is 157 Å². The lowest BCUT2D eigenvalue weighted by atomic mass is 10.2. The van der Waals surface area contributed by atoms with Crippen molar-refractivity contribution in [2.24, 2.45) is 4.99 Å². The van der Waals surface area contributed by atoms with Gasteiger partial charge >= 0.3 is 0 Å². The van der Waals surface area contributed by atoms with E-state index in [0.29, 0.717) is 18.9 Å². The van der Waals surface area contributed by atoms with Crippen molar-refractivity contribution >= 4 is 55.7 Å². The number of nitrogens with zero attached hydrogens (tertiary/aromatic N) is 1. The molecular weight excluding hydrogens is 481 g/mol. The molecule has 2 N–H and O–H groups in total. The zero-order valence-electron chi connectivity index (χ0n) is 12.4. The molecule has 22 heavy (non-hydrogen) atoms. The number of hydrogen-bond acceptors (Lipinski definition) is 3. The highest BCUT2D eigenvalue weighted by Gasteiger charge is 2.28. The maximum absolute atomic E-state index is 11.5. The Bertz CT molecular complexity index is 605. The predicted molar refractivity (Wildman–Crippen MR) is 105 cm³/mol. The molecule has 8 heteroatoms. The van der Waals surface area contributed by atoms with Crippen LogP contribution in [0.1, 0.15) is 18.9 Å². The molecule has 0 bridgehead atoms. The fraction of sp³-hybridized carbons (Fsp3) is 0.500. The molecule has 1 saturated heterocycles. The number of rotatable bonds is 4. The summed E-state index contributed by atoms with van der Waals surface area (Å²) in [5, 5.41) is 6.36. The summed E-state index contributed by atoms with van der Waals surface area (Å²) in [6, 6.07) is 7.94. The Balaban J connectivity index is 0.00000242. The van der Waals surface area contributed by atoms with Crippen LogP contribution in [0.4, 0.5) is 0 Å². The first kappa shape index (κ1) is 19.7. The van der Waals surface area contributed by atoms with E-state index in [2.05, 4.69) is 31.6 Å². The third-order valence-electron chi connectivity index (χ3n) is 3.25. The Hall–Kier alpha value is -0.350. The van der Waals surface area contributed by atoms with Gasteiger partial charge in [-0.2, -0.15) is 0 Å². The van der Waals surface area contributed by atoms with Gasteiger partial charge in [-0.1, -0.05) is 28.1 Å². The standard InChI is InChI=1S/C14H20BrN3O2S.HI/c1-2-16-14(18-13-7-8-21(19,20)10-13)17-9-11-3-5-12(15)6-4-11;/h3-6,13H,2,7-10H2,1H3,(H2,16,17,18);1H. The van der Waals surface area contributed by atoms with Gasteiger partial charge in [-0.3, -0.25) is 0 Å². The molecule has 0 amide bonds. The summed E-state index contributed by atoms with van der Waals surface area (Å²) < 4.78 is 24.0. The highest BCUT2D eigenvalue weighted by Crippen LogP contribution is 2.12. The van der Waals surface area contributed by atoms with Gasteiger partial charge in [0.25, 0.3) is 0 Å². The second kappa shape index (κ2) is 9.07. The van der Waals surface area contributed by atoms with Crippen molar-refractivity contribution in [3.8, 4) is 0 Å². The minimum Gasteiger partial charge on any atom is -0.357 e. The SMILES string of the molecule is CCNC(=NCc1ccc(Br)cc1)NC1CCS(=O)(=O)C1.I. The molecule has 0 spiro atoms. The highest BCUT2D eigenvalue weighted by atomic mass is 127. The number of hydrogen-bond donors (Lipinski definition) is 2. The van der Waals surface area contributed by atoms with E-state index in [1.807, 2.05) is 31.2 Å². The van der Waals surface area contributed by atoms with E-state index in [9.17, 15) is 8.42 Å². The lowest BCUT2D eigenvalue weighted by Gasteiger charge is -2.15. The van der Waals surface area contributed by atoms with E-state index < -0.39 is 9.84 Å². The van der Waals surface area contributed by atoms with Crippen LogP contribution in [0, 0.1) is 0 Å². The van der Waals surface area contributed by atoms with Crippen LogP contribution in [0.15, 0.2) is 33.7 Å². The molecule has 1 aromatic rings. The van der Waals surface area contributed by atoms with Crippen LogP contribution in [0.2, 0.25) is 0 Å². The zero-order valence-corrected chi connectivity index (χ0v) is 17.1. The number of halogens is 2. The molecule has 1 atom stereocenters. The second-order valence-electron chi connectivity index (χ2n) is 5.07. The van der Waals surface area contributed by atoms with Gasteiger partial charge in [0.2, 0.25) is 0 Å². The lowest BCUT2D eigenvalue weighted by molar-refractivity contribution is 0.599. The fourth-order valence-electron chi connectivity index (χ4n) is 2.18. The van der Waals surface area contributed by atoms with Crippen molar-refractivity contribution in [3.63, 3.8) is 0 Å². The van der Waals surface area contributed by atoms with Crippen molar-refractivity contribution in [1.82, 2.24) is 10.6 Å². The molecule has 1 aromatic carbocycles. The average molecular weight is 502 g/mol. The molecule has 1 heterocycles. The number of guanidine groups is 1. The molecule has 0 radical (unpaired) electrons. The Morgan fingerprint density at radius 3 is 2.59 bits per heavy atom. The van der Waals surface area contributed by atoms with Crippen LogP contribution in [0.25, 0.3) is 0 Å².